The second-order valence-electron chi connectivity index (χ2n) is 33.8. The smallest absolute Gasteiger partial charge is 0.303 e. The number of methoxy groups -OCH3 is 1. The molecule has 0 radical (unpaired) electrons. The molecule has 13 heteroatoms. The molecule has 8 aromatic rings. The molecule has 1 aliphatic carbocycles. The number of benzene rings is 8. The maximum atomic E-state index is 11.4. The highest BCUT2D eigenvalue weighted by Crippen LogP contribution is 2.46. The second-order valence-corrected chi connectivity index (χ2v) is 45.4. The van der Waals surface area contributed by atoms with Crippen LogP contribution >= 0.6 is 0 Å². The molecule has 0 spiro atoms. The first-order valence-corrected chi connectivity index (χ1v) is 49.1. The maximum absolute atomic E-state index is 11.4. The molecule has 0 heterocycles. The lowest BCUT2D eigenvalue weighted by Crippen LogP contribution is -2.32. The Morgan fingerprint density at radius 3 is 0.966 bits per heavy atom. The van der Waals surface area contributed by atoms with Gasteiger partial charge in [0, 0.05) is 61.6 Å². The quantitative estimate of drug-likeness (QED) is 0.0282. The van der Waals surface area contributed by atoms with Crippen LogP contribution in [0.1, 0.15) is 249 Å². The van der Waals surface area contributed by atoms with E-state index in [2.05, 4.69) is 323 Å². The molecule has 0 N–H and O–H groups in total. The van der Waals surface area contributed by atoms with Crippen LogP contribution in [0, 0.1) is 5.41 Å². The van der Waals surface area contributed by atoms with E-state index >= 15 is 0 Å². The van der Waals surface area contributed by atoms with E-state index in [0.717, 1.165) is 36.6 Å². The molecule has 0 atom stereocenters. The molecule has 0 amide bonds. The van der Waals surface area contributed by atoms with Crippen molar-refractivity contribution in [1.29, 1.82) is 0 Å². The third-order valence-corrected chi connectivity index (χ3v) is 22.6. The Morgan fingerprint density at radius 1 is 0.424 bits per heavy atom. The van der Waals surface area contributed by atoms with Crippen molar-refractivity contribution in [2.75, 3.05) is 20.3 Å². The minimum atomic E-state index is -1.00. The molecular formula is C105H160O11Si2. The van der Waals surface area contributed by atoms with Crippen molar-refractivity contribution in [1.82, 2.24) is 0 Å². The predicted octanol–water partition coefficient (Wildman–Crippen LogP) is 29.2. The number of ether oxygens (including phenoxy) is 5. The van der Waals surface area contributed by atoms with Crippen molar-refractivity contribution in [3.63, 3.8) is 0 Å². The molecule has 0 unspecified atom stereocenters. The van der Waals surface area contributed by atoms with Crippen LogP contribution < -0.4 is 4.74 Å². The molecule has 0 bridgehead atoms. The first-order valence-electron chi connectivity index (χ1n) is 41.9. The molecular weight excluding hydrogens is 1490 g/mol. The number of esters is 4. The minimum Gasteiger partial charge on any atom is -0.497 e. The van der Waals surface area contributed by atoms with Crippen LogP contribution in [0.4, 0.5) is 0 Å². The number of carbonyl (C=O) groups excluding carboxylic acids is 6. The van der Waals surface area contributed by atoms with E-state index in [-0.39, 0.29) is 52.4 Å². The highest BCUT2D eigenvalue weighted by molar-refractivity contribution is 6.78. The summed E-state index contributed by atoms with van der Waals surface area (Å²) in [5.41, 5.74) is 12.9. The summed E-state index contributed by atoms with van der Waals surface area (Å²) < 4.78 is 23.8. The van der Waals surface area contributed by atoms with Gasteiger partial charge in [-0.05, 0) is 152 Å². The third kappa shape index (κ3) is 65.7. The lowest BCUT2D eigenvalue weighted by atomic mass is 9.71. The van der Waals surface area contributed by atoms with Crippen LogP contribution in [-0.2, 0) is 72.6 Å². The van der Waals surface area contributed by atoms with Crippen LogP contribution in [0.25, 0.3) is 11.1 Å². The standard InChI is InChI=1S/C20H18.C16H14O.C9H10O2.C9H12O.C8H10.C7H16O2Si.C7H18Si.C6H12O2.C5H8O2.C5H12.C5H10.C3H6O.C3H8.C2H6/c1-20(17-11-5-2-6-12-17,18-13-7-3-8-14-18)19-15-9-4-10-16-19;1-11(17)10-16-14-8-4-2-6-12(14)13-7-3-5-9-15(13)16;1-8(10)11-7-9-5-3-2-4-6-9;1-3-8-4-6-9(10-2)7-5-8;1-2-8-6-4-3-5-7-8;1-7(8)9-5-6-10(2,3)4;1-7(2,3)8(4,5)6;1-5(7)8-6(2,3)4;1-3-4-7-5(2)6;1-5(2,3)4;1-3-5-4-2;1-3(2)4;1-3-2;1-2/h2-16H,1H3;2-9,16H,10H2,1H3;2-6H,7H2,1H3;4-7H,3H2,1-2H3;3-7H,2H2,1H3;5-6H2,1-4H3;1-6H3;1-4H3;3H,1,4H2,2H3;1-4H3;3H,1,4-5H2,2H3;1-2H3;3H2,1-2H3;1-2H3. The van der Waals surface area contributed by atoms with Crippen molar-refractivity contribution in [2.24, 2.45) is 5.41 Å². The third-order valence-electron chi connectivity index (χ3n) is 16.4. The zero-order valence-corrected chi connectivity index (χ0v) is 81.6. The summed E-state index contributed by atoms with van der Waals surface area (Å²) in [6.07, 6.45) is 9.92. The number of aryl methyl sites for hydroxylation is 2. The Kier molecular flexibility index (Phi) is 67.1. The van der Waals surface area contributed by atoms with E-state index in [0.29, 0.717) is 36.7 Å². The zero-order valence-electron chi connectivity index (χ0n) is 79.6. The van der Waals surface area contributed by atoms with Gasteiger partial charge in [0.25, 0.3) is 0 Å². The Balaban J connectivity index is -0.000000402. The Hall–Kier alpha value is -9.31. The summed E-state index contributed by atoms with van der Waals surface area (Å²) in [6, 6.07) is 78.2. The van der Waals surface area contributed by atoms with Crippen molar-refractivity contribution < 1.29 is 52.5 Å². The van der Waals surface area contributed by atoms with Gasteiger partial charge in [-0.3, -0.25) is 24.0 Å². The van der Waals surface area contributed by atoms with Gasteiger partial charge in [-0.25, -0.2) is 0 Å². The molecule has 0 aliphatic heterocycles. The van der Waals surface area contributed by atoms with Crippen molar-refractivity contribution >= 4 is 51.6 Å². The van der Waals surface area contributed by atoms with E-state index in [1.54, 1.807) is 14.0 Å². The van der Waals surface area contributed by atoms with Crippen LogP contribution in [-0.4, -0.2) is 77.5 Å². The number of allylic oxidation sites excluding steroid dienone is 1. The van der Waals surface area contributed by atoms with E-state index < -0.39 is 16.1 Å². The molecule has 0 fully saturated rings. The van der Waals surface area contributed by atoms with Crippen LogP contribution in [0.3, 0.4) is 0 Å². The number of hydrogen-bond acceptors (Lipinski definition) is 11. The first kappa shape index (κ1) is 117. The van der Waals surface area contributed by atoms with Gasteiger partial charge >= 0.3 is 23.9 Å². The number of ketones is 2. The summed E-state index contributed by atoms with van der Waals surface area (Å²) in [6.45, 7) is 70.8. The van der Waals surface area contributed by atoms with Crippen molar-refractivity contribution in [3.05, 3.63) is 294 Å². The summed E-state index contributed by atoms with van der Waals surface area (Å²) in [5.74, 6) is 0.697. The minimum absolute atomic E-state index is 0.121. The van der Waals surface area contributed by atoms with Gasteiger partial charge < -0.3 is 28.5 Å². The van der Waals surface area contributed by atoms with Gasteiger partial charge in [0.1, 0.15) is 36.1 Å². The molecule has 0 saturated heterocycles. The molecule has 118 heavy (non-hydrogen) atoms. The molecule has 0 saturated carbocycles. The molecule has 0 aromatic heterocycles. The maximum Gasteiger partial charge on any atom is 0.303 e. The molecule has 1 aliphatic rings. The second kappa shape index (κ2) is 67.6. The summed E-state index contributed by atoms with van der Waals surface area (Å²) in [4.78, 5) is 61.8. The first-order chi connectivity index (χ1) is 55.1. The van der Waals surface area contributed by atoms with E-state index in [1.165, 1.54) is 111 Å². The van der Waals surface area contributed by atoms with E-state index in [4.69, 9.17) is 18.9 Å². The SMILES string of the molecule is C=CCCC.C=CCOC(C)=O.CC.CC(=O)CC1c2ccccc2-c2ccccc21.CC(=O)OC(C)(C)C.CC(=O)OCC[Si](C)(C)C.CC(=O)OCc1ccccc1.CC(C)(C)C.CC(C)(C)[Si](C)(C)C.CC(C)=O.CC(c1ccccc1)(c1ccccc1)c1ccccc1.CCC.CCc1ccc(OC)cc1.CCc1ccccc1. The van der Waals surface area contributed by atoms with Gasteiger partial charge in [-0.2, -0.15) is 0 Å². The predicted molar refractivity (Wildman–Crippen MR) is 514 cm³/mol. The fraction of sp³-hybridized carbons (Fsp3) is 0.448. The number of Topliss-reactive ketones (excluding diaryl/α,β-unsaturated/α-hetero) is 2. The molecule has 8 aromatic carbocycles. The molecule has 654 valence electrons. The van der Waals surface area contributed by atoms with Crippen LogP contribution in [0.2, 0.25) is 50.4 Å². The van der Waals surface area contributed by atoms with Crippen LogP contribution in [0.15, 0.2) is 250 Å². The van der Waals surface area contributed by atoms with Crippen molar-refractivity contribution in [3.8, 4) is 16.9 Å². The molecule has 9 rings (SSSR count). The van der Waals surface area contributed by atoms with Gasteiger partial charge in [-0.1, -0.05) is 380 Å². The number of carbonyl (C=O) groups is 6. The lowest BCUT2D eigenvalue weighted by Gasteiger charge is -2.32. The number of hydrogen-bond donors (Lipinski definition) is 0. The van der Waals surface area contributed by atoms with Crippen LogP contribution in [0.5, 0.6) is 5.75 Å². The molecule has 11 nitrogen and oxygen atoms in total. The van der Waals surface area contributed by atoms with Gasteiger partial charge in [-0.15, -0.1) is 6.58 Å². The average Bonchev–Trinajstić information content (AvgIpc) is 1.13. The van der Waals surface area contributed by atoms with Gasteiger partial charge in [0.05, 0.1) is 13.7 Å². The van der Waals surface area contributed by atoms with E-state index in [9.17, 15) is 28.8 Å². The summed E-state index contributed by atoms with van der Waals surface area (Å²) in [5, 5.41) is 0.576. The Bertz CT molecular complexity index is 3670. The Morgan fingerprint density at radius 2 is 0.737 bits per heavy atom. The highest BCUT2D eigenvalue weighted by Gasteiger charge is 2.32. The van der Waals surface area contributed by atoms with Gasteiger partial charge in [0.15, 0.2) is 0 Å². The van der Waals surface area contributed by atoms with Gasteiger partial charge in [0.2, 0.25) is 0 Å². The van der Waals surface area contributed by atoms with E-state index in [1.807, 2.05) is 89.2 Å². The largest absolute Gasteiger partial charge is 0.497 e. The number of fused-ring (bicyclic) bond motifs is 3. The monoisotopic (exact) mass is 1650 g/mol. The fourth-order valence-corrected chi connectivity index (χ4v) is 9.94. The summed E-state index contributed by atoms with van der Waals surface area (Å²) >= 11 is 0. The zero-order chi connectivity index (χ0) is 91.6. The fourth-order valence-electron chi connectivity index (χ4n) is 9.23. The lowest BCUT2D eigenvalue weighted by molar-refractivity contribution is -0.152. The van der Waals surface area contributed by atoms with Crippen molar-refractivity contribution in [2.45, 2.75) is 286 Å². The topological polar surface area (TPSA) is 149 Å². The number of unbranched alkanes of at least 4 members (excludes halogenated alkanes) is 1. The number of rotatable bonds is 17. The summed E-state index contributed by atoms with van der Waals surface area (Å²) in [7, 11) is -0.179. The highest BCUT2D eigenvalue weighted by atomic mass is 28.3. The average molecular weight is 1650 g/mol. The normalized spacial score (nSPS) is 10.4. The Labute approximate surface area is 722 Å².